The number of aromatic nitrogens is 3. The first-order chi connectivity index (χ1) is 19.6. The average Bonchev–Trinajstić information content (AvgIpc) is 3.46. The Morgan fingerprint density at radius 2 is 1.93 bits per heavy atom. The summed E-state index contributed by atoms with van der Waals surface area (Å²) in [6, 6.07) is 8.80. The van der Waals surface area contributed by atoms with Crippen molar-refractivity contribution >= 4 is 21.7 Å². The standard InChI is InChI=1S/C29H27F5N4O3/c1-16-21(39-2)10-17-6-3-4-7-19(17)22(16)25-23(31)24-20(12-35-25)26(40-15-29(32,33)34)37-27(36-24)41-14-28-8-5-9-38(28)13-18(30)11-28/h3-4,6-7,10,12,18H,5,8-9,11,13-15H2,1-2H3/t18-,28+/m1/s1. The van der Waals surface area contributed by atoms with Crippen LogP contribution >= 0.6 is 0 Å². The van der Waals surface area contributed by atoms with E-state index in [9.17, 15) is 17.6 Å². The molecule has 0 spiro atoms. The predicted octanol–water partition coefficient (Wildman–Crippen LogP) is 6.20. The molecule has 0 unspecified atom stereocenters. The van der Waals surface area contributed by atoms with E-state index in [0.717, 1.165) is 18.4 Å². The van der Waals surface area contributed by atoms with Crippen LogP contribution in [0.4, 0.5) is 22.0 Å². The molecular formula is C29H27F5N4O3. The quantitative estimate of drug-likeness (QED) is 0.244. The zero-order valence-corrected chi connectivity index (χ0v) is 22.4. The van der Waals surface area contributed by atoms with Crippen LogP contribution < -0.4 is 14.2 Å². The molecule has 4 heterocycles. The van der Waals surface area contributed by atoms with Gasteiger partial charge in [-0.1, -0.05) is 24.3 Å². The monoisotopic (exact) mass is 574 g/mol. The number of methoxy groups -OCH3 is 1. The molecule has 0 bridgehead atoms. The zero-order chi connectivity index (χ0) is 28.9. The van der Waals surface area contributed by atoms with Gasteiger partial charge >= 0.3 is 12.2 Å². The smallest absolute Gasteiger partial charge is 0.422 e. The molecule has 0 amide bonds. The number of benzene rings is 2. The van der Waals surface area contributed by atoms with Crippen molar-refractivity contribution in [1.82, 2.24) is 19.9 Å². The van der Waals surface area contributed by atoms with Gasteiger partial charge in [0.05, 0.1) is 18.0 Å². The van der Waals surface area contributed by atoms with Crippen LogP contribution in [0.2, 0.25) is 0 Å². The molecule has 2 aromatic heterocycles. The highest BCUT2D eigenvalue weighted by molar-refractivity contribution is 6.00. The van der Waals surface area contributed by atoms with Crippen molar-refractivity contribution in [3.63, 3.8) is 0 Å². The molecule has 0 aliphatic carbocycles. The van der Waals surface area contributed by atoms with Crippen LogP contribution in [-0.2, 0) is 0 Å². The van der Waals surface area contributed by atoms with Crippen LogP contribution in [0.3, 0.4) is 0 Å². The van der Waals surface area contributed by atoms with Crippen LogP contribution in [0, 0.1) is 12.7 Å². The van der Waals surface area contributed by atoms with Crippen molar-refractivity contribution in [3.8, 4) is 28.9 Å². The summed E-state index contributed by atoms with van der Waals surface area (Å²) in [5.74, 6) is -0.870. The SMILES string of the molecule is COc1cc2ccccc2c(-c2ncc3c(OCC(F)(F)F)nc(OC[C@@]45CCCN4C[C@H](F)C5)nc3c2F)c1C. The summed E-state index contributed by atoms with van der Waals surface area (Å²) in [5, 5.41) is 1.35. The average molecular weight is 575 g/mol. The molecule has 12 heteroatoms. The zero-order valence-electron chi connectivity index (χ0n) is 22.4. The highest BCUT2D eigenvalue weighted by Crippen LogP contribution is 2.42. The molecule has 216 valence electrons. The van der Waals surface area contributed by atoms with Gasteiger partial charge in [-0.25, -0.2) is 8.78 Å². The van der Waals surface area contributed by atoms with Gasteiger partial charge in [-0.05, 0) is 43.1 Å². The van der Waals surface area contributed by atoms with Crippen molar-refractivity contribution in [2.75, 3.05) is 33.4 Å². The second-order valence-electron chi connectivity index (χ2n) is 10.6. The van der Waals surface area contributed by atoms with Crippen molar-refractivity contribution in [1.29, 1.82) is 0 Å². The van der Waals surface area contributed by atoms with E-state index >= 15 is 4.39 Å². The van der Waals surface area contributed by atoms with Gasteiger partial charge < -0.3 is 14.2 Å². The second kappa shape index (κ2) is 10.2. The predicted molar refractivity (Wildman–Crippen MR) is 142 cm³/mol. The van der Waals surface area contributed by atoms with E-state index in [1.165, 1.54) is 13.3 Å². The number of alkyl halides is 4. The van der Waals surface area contributed by atoms with Crippen molar-refractivity contribution < 1.29 is 36.2 Å². The van der Waals surface area contributed by atoms with E-state index in [4.69, 9.17) is 14.2 Å². The van der Waals surface area contributed by atoms with Crippen LogP contribution in [0.1, 0.15) is 24.8 Å². The van der Waals surface area contributed by atoms with E-state index in [1.54, 1.807) is 6.92 Å². The Kier molecular flexibility index (Phi) is 6.83. The minimum Gasteiger partial charge on any atom is -0.496 e. The Bertz CT molecular complexity index is 1630. The lowest BCUT2D eigenvalue weighted by atomic mass is 9.95. The highest BCUT2D eigenvalue weighted by atomic mass is 19.4. The fourth-order valence-corrected chi connectivity index (χ4v) is 6.10. The lowest BCUT2D eigenvalue weighted by Gasteiger charge is -2.30. The largest absolute Gasteiger partial charge is 0.496 e. The summed E-state index contributed by atoms with van der Waals surface area (Å²) < 4.78 is 86.1. The molecule has 41 heavy (non-hydrogen) atoms. The van der Waals surface area contributed by atoms with Crippen molar-refractivity contribution in [2.24, 2.45) is 0 Å². The molecule has 2 aliphatic rings. The van der Waals surface area contributed by atoms with E-state index in [2.05, 4.69) is 15.0 Å². The van der Waals surface area contributed by atoms with Gasteiger partial charge in [-0.15, -0.1) is 0 Å². The Balaban J connectivity index is 1.47. The van der Waals surface area contributed by atoms with Crippen LogP contribution in [-0.4, -0.2) is 71.2 Å². The third-order valence-electron chi connectivity index (χ3n) is 7.95. The summed E-state index contributed by atoms with van der Waals surface area (Å²) in [4.78, 5) is 14.6. The number of hydrogen-bond donors (Lipinski definition) is 0. The number of fused-ring (bicyclic) bond motifs is 3. The normalized spacial score (nSPS) is 21.0. The first-order valence-electron chi connectivity index (χ1n) is 13.2. The van der Waals surface area contributed by atoms with Gasteiger partial charge in [-0.2, -0.15) is 23.1 Å². The maximum absolute atomic E-state index is 16.4. The summed E-state index contributed by atoms with van der Waals surface area (Å²) in [7, 11) is 1.51. The van der Waals surface area contributed by atoms with Gasteiger partial charge in [0, 0.05) is 30.3 Å². The van der Waals surface area contributed by atoms with E-state index in [-0.39, 0.29) is 35.6 Å². The summed E-state index contributed by atoms with van der Waals surface area (Å²) in [6.07, 6.45) is -2.64. The molecule has 2 fully saturated rings. The lowest BCUT2D eigenvalue weighted by Crippen LogP contribution is -2.43. The minimum absolute atomic E-state index is 0.0107. The topological polar surface area (TPSA) is 69.6 Å². The highest BCUT2D eigenvalue weighted by Gasteiger charge is 2.49. The van der Waals surface area contributed by atoms with E-state index in [1.807, 2.05) is 35.2 Å². The molecule has 2 saturated heterocycles. The number of rotatable bonds is 7. The van der Waals surface area contributed by atoms with Gasteiger partial charge in [-0.3, -0.25) is 9.88 Å². The van der Waals surface area contributed by atoms with E-state index < -0.39 is 36.2 Å². The number of halogens is 5. The molecule has 4 aromatic rings. The number of pyridine rings is 1. The van der Waals surface area contributed by atoms with Crippen LogP contribution in [0.15, 0.2) is 36.5 Å². The Hall–Kier alpha value is -3.80. The fourth-order valence-electron chi connectivity index (χ4n) is 6.10. The Labute approximate surface area is 232 Å². The summed E-state index contributed by atoms with van der Waals surface area (Å²) in [5.41, 5.74) is 0.146. The Morgan fingerprint density at radius 1 is 1.12 bits per heavy atom. The maximum atomic E-state index is 16.4. The molecule has 2 aromatic carbocycles. The minimum atomic E-state index is -4.66. The molecule has 7 nitrogen and oxygen atoms in total. The number of hydrogen-bond acceptors (Lipinski definition) is 7. The van der Waals surface area contributed by atoms with Gasteiger partial charge in [0.15, 0.2) is 12.4 Å². The third kappa shape index (κ3) is 4.98. The first kappa shape index (κ1) is 27.4. The second-order valence-corrected chi connectivity index (χ2v) is 10.6. The van der Waals surface area contributed by atoms with Crippen molar-refractivity contribution in [2.45, 2.75) is 44.1 Å². The van der Waals surface area contributed by atoms with Gasteiger partial charge in [0.2, 0.25) is 5.88 Å². The molecule has 0 radical (unpaired) electrons. The lowest BCUT2D eigenvalue weighted by molar-refractivity contribution is -0.153. The van der Waals surface area contributed by atoms with E-state index in [0.29, 0.717) is 35.2 Å². The summed E-state index contributed by atoms with van der Waals surface area (Å²) in [6.45, 7) is 1.14. The van der Waals surface area contributed by atoms with Gasteiger partial charge in [0.25, 0.3) is 0 Å². The number of nitrogens with zero attached hydrogens (tertiary/aromatic N) is 4. The fraction of sp³-hybridized carbons (Fsp3) is 0.414. The van der Waals surface area contributed by atoms with Crippen molar-refractivity contribution in [3.05, 3.63) is 47.9 Å². The molecule has 2 aliphatic heterocycles. The molecule has 6 rings (SSSR count). The first-order valence-corrected chi connectivity index (χ1v) is 13.2. The Morgan fingerprint density at radius 3 is 2.71 bits per heavy atom. The molecule has 2 atom stereocenters. The number of ether oxygens (including phenoxy) is 3. The molecule has 0 N–H and O–H groups in total. The van der Waals surface area contributed by atoms with Crippen LogP contribution in [0.5, 0.6) is 17.6 Å². The van der Waals surface area contributed by atoms with Gasteiger partial charge in [0.1, 0.15) is 29.7 Å². The third-order valence-corrected chi connectivity index (χ3v) is 7.95. The summed E-state index contributed by atoms with van der Waals surface area (Å²) >= 11 is 0. The maximum Gasteiger partial charge on any atom is 0.422 e. The molecule has 0 saturated carbocycles. The molecular weight excluding hydrogens is 547 g/mol. The van der Waals surface area contributed by atoms with Crippen LogP contribution in [0.25, 0.3) is 32.9 Å².